The van der Waals surface area contributed by atoms with E-state index in [1.807, 2.05) is 0 Å². The van der Waals surface area contributed by atoms with Crippen LogP contribution in [0, 0.1) is 13.8 Å². The number of fused-ring (bicyclic) bond motifs is 1. The average Bonchev–Trinajstić information content (AvgIpc) is 3.03. The van der Waals surface area contributed by atoms with Crippen molar-refractivity contribution in [2.45, 2.75) is 20.4 Å². The molecule has 0 unspecified atom stereocenters. The predicted molar refractivity (Wildman–Crippen MR) is 82.4 cm³/mol. The van der Waals surface area contributed by atoms with E-state index in [0.29, 0.717) is 5.95 Å². The molecule has 6 nitrogen and oxygen atoms in total. The summed E-state index contributed by atoms with van der Waals surface area (Å²) in [6, 6.07) is 2.21. The van der Waals surface area contributed by atoms with Gasteiger partial charge in [0.1, 0.15) is 5.82 Å². The van der Waals surface area contributed by atoms with Crippen LogP contribution in [0.25, 0.3) is 11.0 Å². The third kappa shape index (κ3) is 2.32. The van der Waals surface area contributed by atoms with E-state index in [9.17, 15) is 0 Å². The Morgan fingerprint density at radius 1 is 1.30 bits per heavy atom. The van der Waals surface area contributed by atoms with Crippen molar-refractivity contribution in [2.24, 2.45) is 0 Å². The first-order valence-electron chi connectivity index (χ1n) is 6.36. The van der Waals surface area contributed by atoms with Crippen LogP contribution in [0.1, 0.15) is 15.3 Å². The van der Waals surface area contributed by atoms with Crippen LogP contribution in [-0.4, -0.2) is 27.2 Å². The van der Waals surface area contributed by atoms with Crippen molar-refractivity contribution in [3.63, 3.8) is 0 Å². The fraction of sp³-hybridized carbons (Fsp3) is 0.308. The standard InChI is InChI=1S/C13H16N6S/c1-7-4-9(20-8(7)2)5-15-11-10-6-16-19-12(10)18-13(14-3)17-11/h4,6H,5H2,1-3H3,(H3,14,15,16,17,18,19). The lowest BCUT2D eigenvalue weighted by Gasteiger charge is -2.07. The number of nitrogens with zero attached hydrogens (tertiary/aromatic N) is 3. The highest BCUT2D eigenvalue weighted by Gasteiger charge is 2.09. The predicted octanol–water partition coefficient (Wildman–Crippen LogP) is 2.69. The number of aryl methyl sites for hydroxylation is 2. The van der Waals surface area contributed by atoms with Crippen LogP contribution in [-0.2, 0) is 6.54 Å². The molecule has 0 aromatic carbocycles. The summed E-state index contributed by atoms with van der Waals surface area (Å²) in [6.07, 6.45) is 1.74. The fourth-order valence-corrected chi connectivity index (χ4v) is 2.98. The summed E-state index contributed by atoms with van der Waals surface area (Å²) >= 11 is 1.81. The minimum atomic E-state index is 0.572. The molecule has 3 aromatic rings. The number of nitrogens with one attached hydrogen (secondary N) is 3. The number of H-pyrrole nitrogens is 1. The van der Waals surface area contributed by atoms with Crippen molar-refractivity contribution in [3.8, 4) is 0 Å². The lowest BCUT2D eigenvalue weighted by molar-refractivity contribution is 1.08. The molecule has 0 fully saturated rings. The zero-order valence-electron chi connectivity index (χ0n) is 11.6. The van der Waals surface area contributed by atoms with E-state index in [1.165, 1.54) is 15.3 Å². The van der Waals surface area contributed by atoms with Gasteiger partial charge >= 0.3 is 0 Å². The van der Waals surface area contributed by atoms with E-state index < -0.39 is 0 Å². The maximum absolute atomic E-state index is 4.45. The molecule has 0 atom stereocenters. The number of hydrogen-bond acceptors (Lipinski definition) is 6. The zero-order valence-corrected chi connectivity index (χ0v) is 12.4. The smallest absolute Gasteiger partial charge is 0.226 e. The largest absolute Gasteiger partial charge is 0.364 e. The molecule has 104 valence electrons. The molecule has 0 radical (unpaired) electrons. The molecular weight excluding hydrogens is 272 g/mol. The number of anilines is 2. The Hall–Kier alpha value is -2.15. The quantitative estimate of drug-likeness (QED) is 0.688. The lowest BCUT2D eigenvalue weighted by Crippen LogP contribution is -2.04. The third-order valence-electron chi connectivity index (χ3n) is 3.18. The van der Waals surface area contributed by atoms with Crippen LogP contribution >= 0.6 is 11.3 Å². The minimum absolute atomic E-state index is 0.572. The van der Waals surface area contributed by atoms with E-state index >= 15 is 0 Å². The van der Waals surface area contributed by atoms with E-state index in [4.69, 9.17) is 0 Å². The number of hydrogen-bond donors (Lipinski definition) is 3. The van der Waals surface area contributed by atoms with Crippen LogP contribution in [0.5, 0.6) is 0 Å². The van der Waals surface area contributed by atoms with Crippen molar-refractivity contribution in [3.05, 3.63) is 27.6 Å². The maximum Gasteiger partial charge on any atom is 0.226 e. The van der Waals surface area contributed by atoms with Gasteiger partial charge in [0.25, 0.3) is 0 Å². The van der Waals surface area contributed by atoms with Gasteiger partial charge in [-0.3, -0.25) is 5.10 Å². The Morgan fingerprint density at radius 3 is 2.85 bits per heavy atom. The Labute approximate surface area is 120 Å². The molecule has 0 amide bonds. The maximum atomic E-state index is 4.45. The highest BCUT2D eigenvalue weighted by atomic mass is 32.1. The van der Waals surface area contributed by atoms with E-state index in [-0.39, 0.29) is 0 Å². The average molecular weight is 288 g/mol. The second-order valence-electron chi connectivity index (χ2n) is 4.58. The van der Waals surface area contributed by atoms with Gasteiger partial charge in [-0.15, -0.1) is 11.3 Å². The lowest BCUT2D eigenvalue weighted by atomic mass is 10.3. The van der Waals surface area contributed by atoms with Gasteiger partial charge in [-0.1, -0.05) is 0 Å². The summed E-state index contributed by atoms with van der Waals surface area (Å²) in [5, 5.41) is 14.1. The van der Waals surface area contributed by atoms with Crippen molar-refractivity contribution in [1.82, 2.24) is 20.2 Å². The minimum Gasteiger partial charge on any atom is -0.364 e. The number of rotatable bonds is 4. The molecule has 0 spiro atoms. The Kier molecular flexibility index (Phi) is 3.27. The molecule has 0 aliphatic rings. The summed E-state index contributed by atoms with van der Waals surface area (Å²) in [5.41, 5.74) is 2.06. The molecule has 0 saturated heterocycles. The summed E-state index contributed by atoms with van der Waals surface area (Å²) in [5.74, 6) is 1.36. The summed E-state index contributed by atoms with van der Waals surface area (Å²) in [4.78, 5) is 11.4. The van der Waals surface area contributed by atoms with Crippen molar-refractivity contribution in [1.29, 1.82) is 0 Å². The first kappa shape index (κ1) is 12.9. The first-order valence-corrected chi connectivity index (χ1v) is 7.17. The van der Waals surface area contributed by atoms with Crippen LogP contribution in [0.15, 0.2) is 12.3 Å². The summed E-state index contributed by atoms with van der Waals surface area (Å²) in [7, 11) is 1.80. The molecule has 3 rings (SSSR count). The Bertz CT molecular complexity index is 725. The fourth-order valence-electron chi connectivity index (χ4n) is 1.99. The van der Waals surface area contributed by atoms with Gasteiger partial charge in [0.2, 0.25) is 5.95 Å². The Morgan fingerprint density at radius 2 is 2.15 bits per heavy atom. The van der Waals surface area contributed by atoms with Gasteiger partial charge in [-0.2, -0.15) is 15.1 Å². The van der Waals surface area contributed by atoms with E-state index in [1.54, 1.807) is 24.6 Å². The van der Waals surface area contributed by atoms with Crippen LogP contribution < -0.4 is 10.6 Å². The second kappa shape index (κ2) is 5.09. The van der Waals surface area contributed by atoms with E-state index in [2.05, 4.69) is 50.7 Å². The summed E-state index contributed by atoms with van der Waals surface area (Å²) in [6.45, 7) is 5.02. The van der Waals surface area contributed by atoms with Gasteiger partial charge in [-0.25, -0.2) is 0 Å². The topological polar surface area (TPSA) is 78.5 Å². The molecule has 0 saturated carbocycles. The van der Waals surface area contributed by atoms with Crippen LogP contribution in [0.2, 0.25) is 0 Å². The number of aromatic nitrogens is 4. The monoisotopic (exact) mass is 288 g/mol. The van der Waals surface area contributed by atoms with Crippen molar-refractivity contribution in [2.75, 3.05) is 17.7 Å². The third-order valence-corrected chi connectivity index (χ3v) is 4.33. The Balaban J connectivity index is 1.88. The van der Waals surface area contributed by atoms with Crippen molar-refractivity contribution < 1.29 is 0 Å². The molecule has 0 aliphatic heterocycles. The highest BCUT2D eigenvalue weighted by molar-refractivity contribution is 7.12. The molecule has 0 aliphatic carbocycles. The van der Waals surface area contributed by atoms with Crippen LogP contribution in [0.3, 0.4) is 0 Å². The van der Waals surface area contributed by atoms with Crippen LogP contribution in [0.4, 0.5) is 11.8 Å². The molecule has 0 bridgehead atoms. The molecule has 3 N–H and O–H groups in total. The number of aromatic amines is 1. The number of thiophene rings is 1. The zero-order chi connectivity index (χ0) is 14.1. The molecular formula is C13H16N6S. The highest BCUT2D eigenvalue weighted by Crippen LogP contribution is 2.24. The SMILES string of the molecule is CNc1nc(NCc2cc(C)c(C)s2)c2cn[nH]c2n1. The van der Waals surface area contributed by atoms with Gasteiger partial charge in [0, 0.05) is 16.8 Å². The molecule has 3 aromatic heterocycles. The molecule has 3 heterocycles. The molecule has 20 heavy (non-hydrogen) atoms. The van der Waals surface area contributed by atoms with Gasteiger partial charge < -0.3 is 10.6 Å². The van der Waals surface area contributed by atoms with Gasteiger partial charge in [0.15, 0.2) is 5.65 Å². The summed E-state index contributed by atoms with van der Waals surface area (Å²) < 4.78 is 0. The van der Waals surface area contributed by atoms with Gasteiger partial charge in [0.05, 0.1) is 18.1 Å². The second-order valence-corrected chi connectivity index (χ2v) is 5.92. The van der Waals surface area contributed by atoms with E-state index in [0.717, 1.165) is 23.4 Å². The molecule has 7 heteroatoms. The first-order chi connectivity index (χ1) is 9.67. The van der Waals surface area contributed by atoms with Gasteiger partial charge in [-0.05, 0) is 25.5 Å². The van der Waals surface area contributed by atoms with Crippen molar-refractivity contribution >= 4 is 34.1 Å². The normalized spacial score (nSPS) is 10.9.